The Morgan fingerprint density at radius 2 is 1.86 bits per heavy atom. The maximum absolute atomic E-state index is 13.5. The van der Waals surface area contributed by atoms with Crippen LogP contribution in [-0.2, 0) is 13.1 Å². The Morgan fingerprint density at radius 3 is 2.68 bits per heavy atom. The monoisotopic (exact) mass is 500 g/mol. The van der Waals surface area contributed by atoms with Crippen molar-refractivity contribution in [2.24, 2.45) is 0 Å². The molecule has 3 heterocycles. The molecule has 0 saturated heterocycles. The zero-order chi connectivity index (χ0) is 25.9. The second-order valence-corrected chi connectivity index (χ2v) is 8.37. The van der Waals surface area contributed by atoms with Crippen LogP contribution in [-0.4, -0.2) is 31.9 Å². The Balaban J connectivity index is 1.32. The lowest BCUT2D eigenvalue weighted by Crippen LogP contribution is -2.32. The second-order valence-electron chi connectivity index (χ2n) is 8.37. The molecule has 2 N–H and O–H groups in total. The smallest absolute Gasteiger partial charge is 0.263 e. The number of benzene rings is 2. The van der Waals surface area contributed by atoms with E-state index < -0.39 is 23.1 Å². The first kappa shape index (κ1) is 23.9. The van der Waals surface area contributed by atoms with Gasteiger partial charge in [-0.1, -0.05) is 24.3 Å². The van der Waals surface area contributed by atoms with Gasteiger partial charge in [-0.05, 0) is 41.5 Å². The van der Waals surface area contributed by atoms with Crippen LogP contribution in [0.25, 0.3) is 16.9 Å². The van der Waals surface area contributed by atoms with E-state index in [1.165, 1.54) is 22.9 Å². The number of nitrogens with zero attached hydrogens (tertiary/aromatic N) is 4. The van der Waals surface area contributed by atoms with Crippen molar-refractivity contribution >= 4 is 17.4 Å². The molecule has 0 fully saturated rings. The molecule has 2 aromatic carbocycles. The molecule has 0 aliphatic heterocycles. The first-order valence-corrected chi connectivity index (χ1v) is 11.5. The van der Waals surface area contributed by atoms with Crippen molar-refractivity contribution in [3.8, 4) is 11.3 Å². The standard InChI is InChI=1S/C27H22F2N6O2/c1-30-24-25-31-9-11-34(25)16-23(33-24)19-5-2-4-17(12-19)14-32-26(36)20-6-3-10-35(27(20)37)15-18-7-8-21(28)22(29)13-18/h2-13,16H,14-15H2,1H3,(H,30,33)(H,32,36). The molecular formula is C27H22F2N6O2. The third kappa shape index (κ3) is 4.94. The number of halogens is 2. The SMILES string of the molecule is CNc1nc(-c2cccc(CNC(=O)c3cccn(Cc4ccc(F)c(F)c4)c3=O)c2)cn2ccnc12. The highest BCUT2D eigenvalue weighted by Crippen LogP contribution is 2.22. The summed E-state index contributed by atoms with van der Waals surface area (Å²) >= 11 is 0. The van der Waals surface area contributed by atoms with Crippen LogP contribution >= 0.6 is 0 Å². The number of carbonyl (C=O) groups excluding carboxylic acids is 1. The lowest BCUT2D eigenvalue weighted by atomic mass is 10.1. The van der Waals surface area contributed by atoms with E-state index in [1.807, 2.05) is 41.1 Å². The van der Waals surface area contributed by atoms with Gasteiger partial charge >= 0.3 is 0 Å². The van der Waals surface area contributed by atoms with Crippen molar-refractivity contribution in [3.63, 3.8) is 0 Å². The number of carbonyl (C=O) groups is 1. The summed E-state index contributed by atoms with van der Waals surface area (Å²) in [6.07, 6.45) is 6.90. The van der Waals surface area contributed by atoms with Crippen LogP contribution in [0.3, 0.4) is 0 Å². The molecule has 10 heteroatoms. The highest BCUT2D eigenvalue weighted by molar-refractivity contribution is 5.93. The summed E-state index contributed by atoms with van der Waals surface area (Å²) < 4.78 is 29.9. The van der Waals surface area contributed by atoms with E-state index in [0.29, 0.717) is 17.0 Å². The number of fused-ring (bicyclic) bond motifs is 1. The summed E-state index contributed by atoms with van der Waals surface area (Å²) in [5, 5.41) is 5.83. The number of amides is 1. The fraction of sp³-hybridized carbons (Fsp3) is 0.111. The topological polar surface area (TPSA) is 93.3 Å². The predicted octanol–water partition coefficient (Wildman–Crippen LogP) is 3.86. The van der Waals surface area contributed by atoms with Crippen LogP contribution in [0.5, 0.6) is 0 Å². The summed E-state index contributed by atoms with van der Waals surface area (Å²) in [5.74, 6) is -1.85. The summed E-state index contributed by atoms with van der Waals surface area (Å²) in [7, 11) is 1.78. The molecule has 0 saturated carbocycles. The van der Waals surface area contributed by atoms with Crippen LogP contribution in [0.1, 0.15) is 21.5 Å². The number of rotatable bonds is 7. The molecule has 0 unspecified atom stereocenters. The third-order valence-corrected chi connectivity index (χ3v) is 5.89. The van der Waals surface area contributed by atoms with Gasteiger partial charge in [0.25, 0.3) is 11.5 Å². The molecule has 0 aliphatic carbocycles. The molecule has 37 heavy (non-hydrogen) atoms. The van der Waals surface area contributed by atoms with Gasteiger partial charge in [0.15, 0.2) is 23.1 Å². The quantitative estimate of drug-likeness (QED) is 0.354. The minimum atomic E-state index is -0.996. The largest absolute Gasteiger partial charge is 0.370 e. The molecule has 0 atom stereocenters. The number of hydrogen-bond donors (Lipinski definition) is 2. The fourth-order valence-electron chi connectivity index (χ4n) is 4.03. The maximum Gasteiger partial charge on any atom is 0.263 e. The predicted molar refractivity (Wildman–Crippen MR) is 135 cm³/mol. The molecular weight excluding hydrogens is 478 g/mol. The number of anilines is 1. The van der Waals surface area contributed by atoms with E-state index in [2.05, 4.69) is 20.6 Å². The molecule has 0 radical (unpaired) electrons. The number of hydrogen-bond acceptors (Lipinski definition) is 5. The molecule has 186 valence electrons. The molecule has 0 bridgehead atoms. The fourth-order valence-corrected chi connectivity index (χ4v) is 4.03. The number of imidazole rings is 1. The van der Waals surface area contributed by atoms with Crippen LogP contribution < -0.4 is 16.2 Å². The maximum atomic E-state index is 13.5. The Morgan fingerprint density at radius 1 is 1.00 bits per heavy atom. The number of aromatic nitrogens is 4. The van der Waals surface area contributed by atoms with E-state index in [4.69, 9.17) is 0 Å². The van der Waals surface area contributed by atoms with Gasteiger partial charge in [-0.15, -0.1) is 0 Å². The summed E-state index contributed by atoms with van der Waals surface area (Å²) in [6, 6.07) is 14.0. The zero-order valence-corrected chi connectivity index (χ0v) is 19.8. The lowest BCUT2D eigenvalue weighted by molar-refractivity contribution is 0.0948. The molecule has 0 aliphatic rings. The van der Waals surface area contributed by atoms with Gasteiger partial charge in [-0.2, -0.15) is 0 Å². The Labute approximate surface area is 210 Å². The number of pyridine rings is 1. The van der Waals surface area contributed by atoms with Crippen molar-refractivity contribution in [1.82, 2.24) is 24.3 Å². The van der Waals surface area contributed by atoms with Gasteiger partial charge in [0.05, 0.1) is 12.2 Å². The highest BCUT2D eigenvalue weighted by atomic mass is 19.2. The first-order valence-electron chi connectivity index (χ1n) is 11.5. The highest BCUT2D eigenvalue weighted by Gasteiger charge is 2.14. The molecule has 1 amide bonds. The van der Waals surface area contributed by atoms with E-state index in [9.17, 15) is 18.4 Å². The van der Waals surface area contributed by atoms with E-state index in [1.54, 1.807) is 19.3 Å². The number of nitrogens with one attached hydrogen (secondary N) is 2. The normalized spacial score (nSPS) is 11.0. The minimum absolute atomic E-state index is 0.00205. The van der Waals surface area contributed by atoms with Gasteiger partial charge in [0, 0.05) is 43.9 Å². The van der Waals surface area contributed by atoms with Crippen LogP contribution in [0, 0.1) is 11.6 Å². The molecule has 5 rings (SSSR count). The van der Waals surface area contributed by atoms with E-state index in [0.717, 1.165) is 29.0 Å². The summed E-state index contributed by atoms with van der Waals surface area (Å²) in [6.45, 7) is 0.193. The lowest BCUT2D eigenvalue weighted by Gasteiger charge is -2.11. The van der Waals surface area contributed by atoms with Crippen LogP contribution in [0.4, 0.5) is 14.6 Å². The Hall–Kier alpha value is -4.86. The van der Waals surface area contributed by atoms with Crippen LogP contribution in [0.2, 0.25) is 0 Å². The van der Waals surface area contributed by atoms with Crippen molar-refractivity contribution < 1.29 is 13.6 Å². The van der Waals surface area contributed by atoms with Gasteiger partial charge in [-0.3, -0.25) is 9.59 Å². The second kappa shape index (κ2) is 10.0. The average Bonchev–Trinajstić information content (AvgIpc) is 3.39. The van der Waals surface area contributed by atoms with E-state index >= 15 is 0 Å². The minimum Gasteiger partial charge on any atom is -0.370 e. The van der Waals surface area contributed by atoms with Crippen molar-refractivity contribution in [2.75, 3.05) is 12.4 Å². The molecule has 5 aromatic rings. The van der Waals surface area contributed by atoms with Crippen molar-refractivity contribution in [3.05, 3.63) is 118 Å². The van der Waals surface area contributed by atoms with Gasteiger partial charge in [0.2, 0.25) is 0 Å². The van der Waals surface area contributed by atoms with Gasteiger partial charge < -0.3 is 19.6 Å². The average molecular weight is 501 g/mol. The van der Waals surface area contributed by atoms with Gasteiger partial charge in [0.1, 0.15) is 5.56 Å². The Kier molecular flexibility index (Phi) is 6.46. The third-order valence-electron chi connectivity index (χ3n) is 5.89. The molecule has 3 aromatic heterocycles. The first-order chi connectivity index (χ1) is 17.9. The van der Waals surface area contributed by atoms with E-state index in [-0.39, 0.29) is 18.7 Å². The molecule has 8 nitrogen and oxygen atoms in total. The summed E-state index contributed by atoms with van der Waals surface area (Å²) in [5.41, 5.74) is 2.94. The zero-order valence-electron chi connectivity index (χ0n) is 19.8. The molecule has 0 spiro atoms. The van der Waals surface area contributed by atoms with Crippen molar-refractivity contribution in [1.29, 1.82) is 0 Å². The summed E-state index contributed by atoms with van der Waals surface area (Å²) in [4.78, 5) is 34.6. The van der Waals surface area contributed by atoms with Crippen molar-refractivity contribution in [2.45, 2.75) is 13.1 Å². The van der Waals surface area contributed by atoms with Gasteiger partial charge in [-0.25, -0.2) is 18.7 Å². The van der Waals surface area contributed by atoms with Crippen LogP contribution in [0.15, 0.2) is 84.2 Å². The Bertz CT molecular complexity index is 1680.